The summed E-state index contributed by atoms with van der Waals surface area (Å²) < 4.78 is 49.9. The van der Waals surface area contributed by atoms with Gasteiger partial charge >= 0.3 is 0 Å². The number of aromatic nitrogens is 3. The van der Waals surface area contributed by atoms with E-state index >= 15 is 0 Å². The van der Waals surface area contributed by atoms with Crippen LogP contribution in [0.1, 0.15) is 12.1 Å². The standard InChI is InChI=1S/C26H27FN4O4S/c27-21-3-5-23(6-4-21)35-12-1-15-36(32,33)18-22-17-25(31-10-13-34-14-11-31)30-26(29-22)20-2-7-24-19(16-20)8-9-28-24/h2-9,16-17,28H,1,10-15,18H2. The molecular formula is C26H27FN4O4S. The van der Waals surface area contributed by atoms with Crippen LogP contribution in [0.3, 0.4) is 0 Å². The van der Waals surface area contributed by atoms with Crippen LogP contribution >= 0.6 is 0 Å². The van der Waals surface area contributed by atoms with Crippen molar-refractivity contribution in [3.8, 4) is 17.1 Å². The summed E-state index contributed by atoms with van der Waals surface area (Å²) in [6.45, 7) is 2.77. The molecule has 0 amide bonds. The summed E-state index contributed by atoms with van der Waals surface area (Å²) in [4.78, 5) is 14.7. The van der Waals surface area contributed by atoms with E-state index in [0.717, 1.165) is 16.5 Å². The lowest BCUT2D eigenvalue weighted by Gasteiger charge is -2.28. The van der Waals surface area contributed by atoms with Gasteiger partial charge in [-0.15, -0.1) is 0 Å². The SMILES string of the molecule is O=S(=O)(CCCOc1ccc(F)cc1)Cc1cc(N2CCOCC2)nc(-c2ccc3[nH]ccc3c2)n1. The van der Waals surface area contributed by atoms with E-state index < -0.39 is 9.84 Å². The van der Waals surface area contributed by atoms with E-state index in [0.29, 0.717) is 55.8 Å². The van der Waals surface area contributed by atoms with Crippen molar-refractivity contribution in [2.75, 3.05) is 43.6 Å². The summed E-state index contributed by atoms with van der Waals surface area (Å²) in [5.41, 5.74) is 2.28. The van der Waals surface area contributed by atoms with E-state index in [1.165, 1.54) is 24.3 Å². The van der Waals surface area contributed by atoms with Crippen molar-refractivity contribution >= 4 is 26.6 Å². The number of aromatic amines is 1. The Bertz CT molecular complexity index is 1430. The Morgan fingerprint density at radius 3 is 2.64 bits per heavy atom. The zero-order chi connectivity index (χ0) is 25.0. The van der Waals surface area contributed by atoms with Gasteiger partial charge < -0.3 is 19.4 Å². The van der Waals surface area contributed by atoms with Gasteiger partial charge in [0, 0.05) is 41.8 Å². The summed E-state index contributed by atoms with van der Waals surface area (Å²) in [6, 6.07) is 15.3. The normalized spacial score (nSPS) is 14.3. The van der Waals surface area contributed by atoms with E-state index in [1.54, 1.807) is 6.07 Å². The number of nitrogens with zero attached hydrogens (tertiary/aromatic N) is 3. The van der Waals surface area contributed by atoms with Crippen molar-refractivity contribution < 1.29 is 22.3 Å². The first kappa shape index (κ1) is 24.2. The number of nitrogens with one attached hydrogen (secondary N) is 1. The Balaban J connectivity index is 1.33. The highest BCUT2D eigenvalue weighted by atomic mass is 32.2. The molecule has 0 saturated carbocycles. The van der Waals surface area contributed by atoms with Crippen LogP contribution in [0, 0.1) is 5.82 Å². The van der Waals surface area contributed by atoms with Gasteiger partial charge in [-0.3, -0.25) is 0 Å². The van der Waals surface area contributed by atoms with Gasteiger partial charge in [0.1, 0.15) is 17.4 Å². The van der Waals surface area contributed by atoms with Crippen LogP contribution in [0.5, 0.6) is 5.75 Å². The summed E-state index contributed by atoms with van der Waals surface area (Å²) in [6.07, 6.45) is 2.19. The molecule has 188 valence electrons. The van der Waals surface area contributed by atoms with Gasteiger partial charge in [-0.25, -0.2) is 22.8 Å². The Kier molecular flexibility index (Phi) is 7.15. The Hall–Kier alpha value is -3.50. The Labute approximate surface area is 209 Å². The number of benzene rings is 2. The molecule has 0 radical (unpaired) electrons. The Morgan fingerprint density at radius 2 is 1.83 bits per heavy atom. The van der Waals surface area contributed by atoms with Crippen LogP contribution < -0.4 is 9.64 Å². The van der Waals surface area contributed by atoms with Gasteiger partial charge in [0.05, 0.1) is 37.0 Å². The van der Waals surface area contributed by atoms with Crippen LogP contribution in [0.25, 0.3) is 22.3 Å². The number of rotatable bonds is 9. The fraction of sp³-hybridized carbons (Fsp3) is 0.308. The minimum Gasteiger partial charge on any atom is -0.494 e. The highest BCUT2D eigenvalue weighted by molar-refractivity contribution is 7.90. The van der Waals surface area contributed by atoms with Crippen molar-refractivity contribution in [3.05, 3.63) is 72.3 Å². The van der Waals surface area contributed by atoms with Crippen molar-refractivity contribution in [2.45, 2.75) is 12.2 Å². The minimum absolute atomic E-state index is 0.0459. The molecule has 2 aromatic carbocycles. The topological polar surface area (TPSA) is 97.4 Å². The number of morpholine rings is 1. The molecule has 4 aromatic rings. The van der Waals surface area contributed by atoms with Gasteiger partial charge in [0.15, 0.2) is 15.7 Å². The maximum Gasteiger partial charge on any atom is 0.161 e. The Morgan fingerprint density at radius 1 is 1.03 bits per heavy atom. The fourth-order valence-corrected chi connectivity index (χ4v) is 5.43. The largest absolute Gasteiger partial charge is 0.494 e. The van der Waals surface area contributed by atoms with Crippen LogP contribution in [0.4, 0.5) is 10.2 Å². The third-order valence-electron chi connectivity index (χ3n) is 5.96. The number of anilines is 1. The van der Waals surface area contributed by atoms with Crippen molar-refractivity contribution in [2.24, 2.45) is 0 Å². The maximum atomic E-state index is 13.0. The van der Waals surface area contributed by atoms with Crippen molar-refractivity contribution in [1.29, 1.82) is 0 Å². The first-order valence-electron chi connectivity index (χ1n) is 11.8. The number of sulfone groups is 1. The smallest absolute Gasteiger partial charge is 0.161 e. The second kappa shape index (κ2) is 10.6. The lowest BCUT2D eigenvalue weighted by molar-refractivity contribution is 0.122. The fourth-order valence-electron chi connectivity index (χ4n) is 4.13. The average Bonchev–Trinajstić information content (AvgIpc) is 3.36. The predicted molar refractivity (Wildman–Crippen MR) is 136 cm³/mol. The van der Waals surface area contributed by atoms with E-state index in [-0.39, 0.29) is 23.9 Å². The van der Waals surface area contributed by atoms with E-state index in [9.17, 15) is 12.8 Å². The molecule has 0 unspecified atom stereocenters. The number of H-pyrrole nitrogens is 1. The molecule has 1 N–H and O–H groups in total. The van der Waals surface area contributed by atoms with Crippen LogP contribution in [-0.2, 0) is 20.3 Å². The molecule has 0 aliphatic carbocycles. The first-order chi connectivity index (χ1) is 17.4. The number of halogens is 1. The van der Waals surface area contributed by atoms with Gasteiger partial charge in [0.25, 0.3) is 0 Å². The molecule has 0 atom stereocenters. The molecular weight excluding hydrogens is 483 g/mol. The molecule has 36 heavy (non-hydrogen) atoms. The molecule has 1 aliphatic heterocycles. The summed E-state index contributed by atoms with van der Waals surface area (Å²) >= 11 is 0. The predicted octanol–water partition coefficient (Wildman–Crippen LogP) is 3.98. The van der Waals surface area contributed by atoms with Crippen LogP contribution in [0.2, 0.25) is 0 Å². The zero-order valence-electron chi connectivity index (χ0n) is 19.7. The number of hydrogen-bond acceptors (Lipinski definition) is 7. The molecule has 8 nitrogen and oxygen atoms in total. The highest BCUT2D eigenvalue weighted by Gasteiger charge is 2.19. The van der Waals surface area contributed by atoms with Crippen LogP contribution in [-0.4, -0.2) is 62.0 Å². The minimum atomic E-state index is -3.45. The molecule has 0 bridgehead atoms. The first-order valence-corrected chi connectivity index (χ1v) is 13.6. The van der Waals surface area contributed by atoms with E-state index in [1.807, 2.05) is 30.5 Å². The second-order valence-corrected chi connectivity index (χ2v) is 10.9. The van der Waals surface area contributed by atoms with Gasteiger partial charge in [0.2, 0.25) is 0 Å². The van der Waals surface area contributed by atoms with Gasteiger partial charge in [-0.1, -0.05) is 0 Å². The molecule has 3 heterocycles. The molecule has 5 rings (SSSR count). The second-order valence-electron chi connectivity index (χ2n) is 8.67. The third-order valence-corrected chi connectivity index (χ3v) is 7.61. The molecule has 0 spiro atoms. The average molecular weight is 511 g/mol. The number of ether oxygens (including phenoxy) is 2. The molecule has 1 saturated heterocycles. The van der Waals surface area contributed by atoms with Crippen LogP contribution in [0.15, 0.2) is 60.8 Å². The van der Waals surface area contributed by atoms with Crippen molar-refractivity contribution in [1.82, 2.24) is 15.0 Å². The monoisotopic (exact) mass is 510 g/mol. The van der Waals surface area contributed by atoms with Gasteiger partial charge in [-0.2, -0.15) is 0 Å². The number of hydrogen-bond donors (Lipinski definition) is 1. The number of fused-ring (bicyclic) bond motifs is 1. The molecule has 1 fully saturated rings. The van der Waals surface area contributed by atoms with E-state index in [2.05, 4.69) is 14.9 Å². The summed E-state index contributed by atoms with van der Waals surface area (Å²) in [5.74, 6) is 1.11. The summed E-state index contributed by atoms with van der Waals surface area (Å²) in [7, 11) is -3.45. The highest BCUT2D eigenvalue weighted by Crippen LogP contribution is 2.25. The summed E-state index contributed by atoms with van der Waals surface area (Å²) in [5, 5.41) is 1.03. The quantitative estimate of drug-likeness (QED) is 0.340. The third kappa shape index (κ3) is 6.00. The lowest BCUT2D eigenvalue weighted by Crippen LogP contribution is -2.37. The van der Waals surface area contributed by atoms with Crippen molar-refractivity contribution in [3.63, 3.8) is 0 Å². The molecule has 10 heteroatoms. The van der Waals surface area contributed by atoms with E-state index in [4.69, 9.17) is 14.5 Å². The maximum absolute atomic E-state index is 13.0. The molecule has 2 aromatic heterocycles. The lowest BCUT2D eigenvalue weighted by atomic mass is 10.1. The zero-order valence-corrected chi connectivity index (χ0v) is 20.5. The van der Waals surface area contributed by atoms with Gasteiger partial charge in [-0.05, 0) is 55.0 Å². The molecule has 1 aliphatic rings.